The Morgan fingerprint density at radius 2 is 1.84 bits per heavy atom. The summed E-state index contributed by atoms with van der Waals surface area (Å²) in [6, 6.07) is 11.6. The van der Waals surface area contributed by atoms with Crippen molar-refractivity contribution in [3.8, 4) is 0 Å². The van der Waals surface area contributed by atoms with Crippen LogP contribution in [0.15, 0.2) is 59.8 Å². The van der Waals surface area contributed by atoms with Crippen molar-refractivity contribution >= 4 is 35.1 Å². The molecule has 0 bridgehead atoms. The summed E-state index contributed by atoms with van der Waals surface area (Å²) in [6.07, 6.45) is 0. The van der Waals surface area contributed by atoms with Gasteiger partial charge in [0.05, 0.1) is 12.7 Å². The van der Waals surface area contributed by atoms with Gasteiger partial charge in [0.2, 0.25) is 5.95 Å². The number of allylic oxidation sites excluding steroid dienone is 1. The summed E-state index contributed by atoms with van der Waals surface area (Å²) < 4.78 is 19.7. The second-order valence-electron chi connectivity index (χ2n) is 6.77. The molecule has 2 heterocycles. The first-order valence-corrected chi connectivity index (χ1v) is 9.60. The van der Waals surface area contributed by atoms with Gasteiger partial charge < -0.3 is 15.4 Å². The van der Waals surface area contributed by atoms with E-state index in [2.05, 4.69) is 20.7 Å². The third-order valence-corrected chi connectivity index (χ3v) is 5.00. The number of anilines is 2. The third kappa shape index (κ3) is 3.99. The Morgan fingerprint density at radius 3 is 2.48 bits per heavy atom. The number of fused-ring (bicyclic) bond motifs is 1. The molecule has 0 radical (unpaired) electrons. The molecule has 4 rings (SSSR count). The molecule has 0 saturated carbocycles. The molecule has 2 N–H and O–H groups in total. The van der Waals surface area contributed by atoms with Gasteiger partial charge in [-0.25, -0.2) is 13.9 Å². The van der Waals surface area contributed by atoms with Gasteiger partial charge in [-0.15, -0.1) is 5.10 Å². The third-order valence-electron chi connectivity index (χ3n) is 4.75. The molecule has 158 valence electrons. The summed E-state index contributed by atoms with van der Waals surface area (Å²) in [4.78, 5) is 29.4. The molecule has 3 aromatic rings. The van der Waals surface area contributed by atoms with Crippen molar-refractivity contribution in [2.45, 2.75) is 13.0 Å². The zero-order valence-corrected chi connectivity index (χ0v) is 17.3. The number of rotatable bonds is 4. The van der Waals surface area contributed by atoms with Crippen LogP contribution in [0.4, 0.5) is 16.0 Å². The molecule has 1 atom stereocenters. The van der Waals surface area contributed by atoms with Crippen molar-refractivity contribution in [1.29, 1.82) is 0 Å². The predicted octanol–water partition coefficient (Wildman–Crippen LogP) is 3.78. The second-order valence-corrected chi connectivity index (χ2v) is 7.21. The fourth-order valence-corrected chi connectivity index (χ4v) is 3.43. The summed E-state index contributed by atoms with van der Waals surface area (Å²) in [7, 11) is 1.22. The van der Waals surface area contributed by atoms with E-state index in [0.717, 1.165) is 0 Å². The van der Waals surface area contributed by atoms with Gasteiger partial charge in [-0.3, -0.25) is 4.79 Å². The standard InChI is InChI=1S/C21H17ClFN5O3/c1-11-16(19(29)25-15-9-5-13(22)6-10-15)17(12-3-7-14(23)8-4-12)28-21(24-11)26-18(27-28)20(30)31-2/h3-10,17H,1-2H3,(H,25,29)(H,24,26,27)/t17-/m1/s1. The summed E-state index contributed by atoms with van der Waals surface area (Å²) in [5.41, 5.74) is 1.98. The van der Waals surface area contributed by atoms with E-state index in [-0.39, 0.29) is 11.8 Å². The molecule has 31 heavy (non-hydrogen) atoms. The van der Waals surface area contributed by atoms with Crippen LogP contribution in [0, 0.1) is 5.82 Å². The Kier molecular flexibility index (Phi) is 5.43. The average molecular weight is 442 g/mol. The summed E-state index contributed by atoms with van der Waals surface area (Å²) in [5, 5.41) is 10.6. The van der Waals surface area contributed by atoms with Crippen molar-refractivity contribution in [2.24, 2.45) is 0 Å². The van der Waals surface area contributed by atoms with Crippen LogP contribution in [0.3, 0.4) is 0 Å². The molecule has 0 aliphatic carbocycles. The fraction of sp³-hybridized carbons (Fsp3) is 0.143. The molecule has 2 aromatic carbocycles. The molecular formula is C21H17ClFN5O3. The number of nitrogens with zero attached hydrogens (tertiary/aromatic N) is 3. The Bertz CT molecular complexity index is 1190. The van der Waals surface area contributed by atoms with E-state index in [1.54, 1.807) is 43.3 Å². The van der Waals surface area contributed by atoms with E-state index in [4.69, 9.17) is 16.3 Å². The smallest absolute Gasteiger partial charge is 0.378 e. The van der Waals surface area contributed by atoms with Crippen molar-refractivity contribution in [3.63, 3.8) is 0 Å². The summed E-state index contributed by atoms with van der Waals surface area (Å²) >= 11 is 5.91. The Labute approximate surface area is 181 Å². The molecule has 10 heteroatoms. The lowest BCUT2D eigenvalue weighted by Gasteiger charge is -2.28. The molecule has 0 saturated heterocycles. The van der Waals surface area contributed by atoms with Crippen LogP contribution in [-0.2, 0) is 9.53 Å². The maximum atomic E-state index is 13.5. The SMILES string of the molecule is COC(=O)c1nc2n(n1)[C@H](c1ccc(F)cc1)C(C(=O)Nc1ccc(Cl)cc1)=C(C)N2. The number of hydrogen-bond donors (Lipinski definition) is 2. The molecule has 0 unspecified atom stereocenters. The maximum absolute atomic E-state index is 13.5. The van der Waals surface area contributed by atoms with Gasteiger partial charge in [0.1, 0.15) is 11.9 Å². The van der Waals surface area contributed by atoms with Gasteiger partial charge >= 0.3 is 5.97 Å². The first-order valence-electron chi connectivity index (χ1n) is 9.22. The highest BCUT2D eigenvalue weighted by Gasteiger charge is 2.35. The van der Waals surface area contributed by atoms with E-state index in [9.17, 15) is 14.0 Å². The van der Waals surface area contributed by atoms with Crippen molar-refractivity contribution in [2.75, 3.05) is 17.7 Å². The number of ether oxygens (including phenoxy) is 1. The van der Waals surface area contributed by atoms with Crippen LogP contribution in [0.25, 0.3) is 0 Å². The number of methoxy groups -OCH3 is 1. The molecule has 0 spiro atoms. The van der Waals surface area contributed by atoms with E-state index >= 15 is 0 Å². The van der Waals surface area contributed by atoms with Crippen LogP contribution in [0.2, 0.25) is 5.02 Å². The van der Waals surface area contributed by atoms with Crippen LogP contribution in [0.1, 0.15) is 29.1 Å². The molecular weight excluding hydrogens is 425 g/mol. The van der Waals surface area contributed by atoms with Crippen LogP contribution < -0.4 is 10.6 Å². The zero-order valence-electron chi connectivity index (χ0n) is 16.5. The first-order chi connectivity index (χ1) is 14.9. The molecule has 8 nitrogen and oxygen atoms in total. The highest BCUT2D eigenvalue weighted by atomic mass is 35.5. The number of carbonyl (C=O) groups is 2. The number of nitrogens with one attached hydrogen (secondary N) is 2. The molecule has 1 aliphatic heterocycles. The van der Waals surface area contributed by atoms with E-state index < -0.39 is 23.7 Å². The molecule has 0 fully saturated rings. The van der Waals surface area contributed by atoms with Crippen LogP contribution >= 0.6 is 11.6 Å². The minimum absolute atomic E-state index is 0.163. The first kappa shape index (κ1) is 20.5. The van der Waals surface area contributed by atoms with Gasteiger partial charge in [0.15, 0.2) is 0 Å². The molecule has 1 aromatic heterocycles. The second kappa shape index (κ2) is 8.19. The summed E-state index contributed by atoms with van der Waals surface area (Å²) in [6.45, 7) is 1.71. The number of amides is 1. The van der Waals surface area contributed by atoms with E-state index in [1.165, 1.54) is 23.9 Å². The minimum Gasteiger partial charge on any atom is -0.463 e. The fourth-order valence-electron chi connectivity index (χ4n) is 3.31. The lowest BCUT2D eigenvalue weighted by atomic mass is 9.95. The number of carbonyl (C=O) groups excluding carboxylic acids is 2. The Balaban J connectivity index is 1.78. The van der Waals surface area contributed by atoms with Gasteiger partial charge in [-0.2, -0.15) is 4.98 Å². The molecule has 1 amide bonds. The zero-order chi connectivity index (χ0) is 22.1. The van der Waals surface area contributed by atoms with Crippen molar-refractivity contribution in [1.82, 2.24) is 14.8 Å². The number of hydrogen-bond acceptors (Lipinski definition) is 6. The van der Waals surface area contributed by atoms with Gasteiger partial charge in [-0.1, -0.05) is 23.7 Å². The lowest BCUT2D eigenvalue weighted by Crippen LogP contribution is -2.31. The highest BCUT2D eigenvalue weighted by molar-refractivity contribution is 6.30. The normalized spacial score (nSPS) is 15.2. The average Bonchev–Trinajstić information content (AvgIpc) is 3.18. The maximum Gasteiger partial charge on any atom is 0.378 e. The quantitative estimate of drug-likeness (QED) is 0.598. The van der Waals surface area contributed by atoms with Gasteiger partial charge in [0.25, 0.3) is 11.7 Å². The predicted molar refractivity (Wildman–Crippen MR) is 112 cm³/mol. The van der Waals surface area contributed by atoms with Gasteiger partial charge in [-0.05, 0) is 48.9 Å². The number of benzene rings is 2. The van der Waals surface area contributed by atoms with Crippen LogP contribution in [0.5, 0.6) is 0 Å². The number of esters is 1. The minimum atomic E-state index is -0.755. The highest BCUT2D eigenvalue weighted by Crippen LogP contribution is 2.35. The Morgan fingerprint density at radius 1 is 1.16 bits per heavy atom. The van der Waals surface area contributed by atoms with E-state index in [0.29, 0.717) is 27.5 Å². The van der Waals surface area contributed by atoms with Crippen molar-refractivity contribution < 1.29 is 18.7 Å². The number of aromatic nitrogens is 3. The molecule has 1 aliphatic rings. The Hall–Kier alpha value is -3.72. The van der Waals surface area contributed by atoms with Gasteiger partial charge in [0, 0.05) is 16.4 Å². The van der Waals surface area contributed by atoms with Crippen molar-refractivity contribution in [3.05, 3.63) is 82.0 Å². The van der Waals surface area contributed by atoms with E-state index in [1.807, 2.05) is 0 Å². The number of halogens is 2. The largest absolute Gasteiger partial charge is 0.463 e. The summed E-state index contributed by atoms with van der Waals surface area (Å²) in [5.74, 6) is -1.44. The lowest BCUT2D eigenvalue weighted by molar-refractivity contribution is -0.113. The van der Waals surface area contributed by atoms with Crippen LogP contribution in [-0.4, -0.2) is 33.8 Å². The topological polar surface area (TPSA) is 98.1 Å². The monoisotopic (exact) mass is 441 g/mol.